The summed E-state index contributed by atoms with van der Waals surface area (Å²) in [6, 6.07) is 10.0. The lowest BCUT2D eigenvalue weighted by molar-refractivity contribution is -0.116. The number of benzene rings is 2. The topological polar surface area (TPSA) is 61.9 Å². The molecule has 2 aromatic rings. The van der Waals surface area contributed by atoms with Crippen LogP contribution in [0.4, 0.5) is 5.69 Å². The van der Waals surface area contributed by atoms with Crippen LogP contribution in [0.5, 0.6) is 5.75 Å². The third-order valence-corrected chi connectivity index (χ3v) is 8.07. The highest BCUT2D eigenvalue weighted by atomic mass is 32.2. The SMILES string of the molecule is COc1cc(C)c(S(=O)N(C)CCC(=O)Nc2ccc3c(c2)C(C)(C)CN(C)CC3)c(C)c1. The van der Waals surface area contributed by atoms with Crippen molar-refractivity contribution in [1.82, 2.24) is 9.21 Å². The number of aryl methyl sites for hydroxylation is 2. The summed E-state index contributed by atoms with van der Waals surface area (Å²) < 4.78 is 20.1. The van der Waals surface area contributed by atoms with E-state index in [1.54, 1.807) is 18.5 Å². The Kier molecular flexibility index (Phi) is 7.98. The zero-order valence-corrected chi connectivity index (χ0v) is 21.8. The summed E-state index contributed by atoms with van der Waals surface area (Å²) in [5, 5.41) is 3.04. The first-order valence-electron chi connectivity index (χ1n) is 11.4. The van der Waals surface area contributed by atoms with Gasteiger partial charge >= 0.3 is 0 Å². The predicted molar refractivity (Wildman–Crippen MR) is 135 cm³/mol. The maximum Gasteiger partial charge on any atom is 0.225 e. The largest absolute Gasteiger partial charge is 0.497 e. The molecule has 1 unspecified atom stereocenters. The van der Waals surface area contributed by atoms with Crippen molar-refractivity contribution in [2.24, 2.45) is 0 Å². The summed E-state index contributed by atoms with van der Waals surface area (Å²) in [6.45, 7) is 10.8. The molecule has 2 aromatic carbocycles. The fraction of sp³-hybridized carbons (Fsp3) is 0.500. The lowest BCUT2D eigenvalue weighted by atomic mass is 9.81. The van der Waals surface area contributed by atoms with Crippen molar-refractivity contribution in [3.63, 3.8) is 0 Å². The second-order valence-corrected chi connectivity index (χ2v) is 11.3. The van der Waals surface area contributed by atoms with Gasteiger partial charge < -0.3 is 15.0 Å². The Balaban J connectivity index is 1.64. The third-order valence-electron chi connectivity index (χ3n) is 6.33. The lowest BCUT2D eigenvalue weighted by Gasteiger charge is -2.29. The predicted octanol–water partition coefficient (Wildman–Crippen LogP) is 4.06. The molecule has 0 saturated heterocycles. The molecule has 7 heteroatoms. The van der Waals surface area contributed by atoms with E-state index in [4.69, 9.17) is 4.74 Å². The number of methoxy groups -OCH3 is 1. The van der Waals surface area contributed by atoms with Gasteiger partial charge in [0.15, 0.2) is 0 Å². The smallest absolute Gasteiger partial charge is 0.225 e. The molecule has 1 heterocycles. The number of amides is 1. The highest BCUT2D eigenvalue weighted by Gasteiger charge is 2.28. The van der Waals surface area contributed by atoms with E-state index in [1.807, 2.05) is 32.0 Å². The summed E-state index contributed by atoms with van der Waals surface area (Å²) in [5.74, 6) is 0.675. The number of hydrogen-bond donors (Lipinski definition) is 1. The molecule has 1 amide bonds. The maximum absolute atomic E-state index is 13.1. The standard InChI is InChI=1S/C26H37N3O3S/c1-18-14-22(32-7)15-19(2)25(18)33(31)29(6)13-11-24(30)27-21-9-8-20-10-12-28(5)17-26(3,4)23(20)16-21/h8-9,14-16H,10-13,17H2,1-7H3,(H,27,30). The van der Waals surface area contributed by atoms with E-state index in [-0.39, 0.29) is 17.7 Å². The molecule has 1 N–H and O–H groups in total. The molecule has 180 valence electrons. The summed E-state index contributed by atoms with van der Waals surface area (Å²) in [6.07, 6.45) is 1.28. The number of fused-ring (bicyclic) bond motifs is 1. The van der Waals surface area contributed by atoms with Crippen molar-refractivity contribution in [2.75, 3.05) is 46.2 Å². The highest BCUT2D eigenvalue weighted by molar-refractivity contribution is 7.82. The highest BCUT2D eigenvalue weighted by Crippen LogP contribution is 2.32. The van der Waals surface area contributed by atoms with Crippen LogP contribution in [0.2, 0.25) is 0 Å². The molecule has 0 aliphatic carbocycles. The number of nitrogens with one attached hydrogen (secondary N) is 1. The van der Waals surface area contributed by atoms with Crippen molar-refractivity contribution in [1.29, 1.82) is 0 Å². The number of nitrogens with zero attached hydrogens (tertiary/aromatic N) is 2. The zero-order chi connectivity index (χ0) is 24.3. The molecule has 3 rings (SSSR count). The Bertz CT molecular complexity index is 1030. The molecule has 0 spiro atoms. The van der Waals surface area contributed by atoms with Gasteiger partial charge in [-0.3, -0.25) is 4.79 Å². The number of carbonyl (C=O) groups excluding carboxylic acids is 1. The first-order chi connectivity index (χ1) is 15.5. The Morgan fingerprint density at radius 2 is 1.88 bits per heavy atom. The van der Waals surface area contributed by atoms with Crippen LogP contribution >= 0.6 is 0 Å². The van der Waals surface area contributed by atoms with E-state index >= 15 is 0 Å². The van der Waals surface area contributed by atoms with Gasteiger partial charge in [0, 0.05) is 44.2 Å². The maximum atomic E-state index is 13.1. The molecule has 1 aliphatic heterocycles. The zero-order valence-electron chi connectivity index (χ0n) is 20.9. The number of anilines is 1. The Morgan fingerprint density at radius 1 is 1.21 bits per heavy atom. The molecule has 1 atom stereocenters. The molecule has 0 bridgehead atoms. The molecular weight excluding hydrogens is 434 g/mol. The van der Waals surface area contributed by atoms with Crippen LogP contribution in [-0.2, 0) is 27.6 Å². The van der Waals surface area contributed by atoms with Crippen LogP contribution < -0.4 is 10.1 Å². The number of carbonyl (C=O) groups is 1. The fourth-order valence-corrected chi connectivity index (χ4v) is 5.92. The second kappa shape index (κ2) is 10.4. The van der Waals surface area contributed by atoms with E-state index in [9.17, 15) is 9.00 Å². The first kappa shape index (κ1) is 25.4. The average Bonchev–Trinajstić information content (AvgIpc) is 2.86. The normalized spacial score (nSPS) is 16.7. The van der Waals surface area contributed by atoms with E-state index in [0.29, 0.717) is 6.54 Å². The van der Waals surface area contributed by atoms with E-state index in [1.165, 1.54) is 11.1 Å². The summed E-state index contributed by atoms with van der Waals surface area (Å²) in [4.78, 5) is 15.8. The van der Waals surface area contributed by atoms with Gasteiger partial charge in [-0.1, -0.05) is 19.9 Å². The van der Waals surface area contributed by atoms with Crippen molar-refractivity contribution >= 4 is 22.6 Å². The van der Waals surface area contributed by atoms with E-state index in [0.717, 1.165) is 47.0 Å². The van der Waals surface area contributed by atoms with Crippen LogP contribution in [0.3, 0.4) is 0 Å². The van der Waals surface area contributed by atoms with Crippen LogP contribution in [0, 0.1) is 13.8 Å². The van der Waals surface area contributed by atoms with Crippen LogP contribution in [0.25, 0.3) is 0 Å². The van der Waals surface area contributed by atoms with Crippen molar-refractivity contribution in [2.45, 2.75) is 50.8 Å². The molecular formula is C26H37N3O3S. The third kappa shape index (κ3) is 6.02. The Hall–Kier alpha value is -2.22. The number of rotatable bonds is 7. The van der Waals surface area contributed by atoms with Crippen molar-refractivity contribution < 1.29 is 13.7 Å². The van der Waals surface area contributed by atoms with Crippen LogP contribution in [0.15, 0.2) is 35.2 Å². The monoisotopic (exact) mass is 471 g/mol. The molecule has 0 fully saturated rings. The van der Waals surface area contributed by atoms with Gasteiger partial charge in [-0.05, 0) is 73.8 Å². The van der Waals surface area contributed by atoms with Crippen LogP contribution in [0.1, 0.15) is 42.5 Å². The van der Waals surface area contributed by atoms with Crippen LogP contribution in [-0.4, -0.2) is 60.2 Å². The van der Waals surface area contributed by atoms with Gasteiger partial charge in [0.2, 0.25) is 5.91 Å². The van der Waals surface area contributed by atoms with E-state index in [2.05, 4.69) is 43.2 Å². The molecule has 1 aliphatic rings. The number of hydrogen-bond acceptors (Lipinski definition) is 4. The molecule has 0 aromatic heterocycles. The second-order valence-electron chi connectivity index (χ2n) is 9.73. The number of ether oxygens (including phenoxy) is 1. The molecule has 0 radical (unpaired) electrons. The summed E-state index contributed by atoms with van der Waals surface area (Å²) in [5.41, 5.74) is 5.32. The first-order valence-corrected chi connectivity index (χ1v) is 12.5. The molecule has 33 heavy (non-hydrogen) atoms. The van der Waals surface area contributed by atoms with E-state index < -0.39 is 11.0 Å². The van der Waals surface area contributed by atoms with Gasteiger partial charge in [-0.25, -0.2) is 8.51 Å². The molecule has 0 saturated carbocycles. The van der Waals surface area contributed by atoms with Crippen molar-refractivity contribution in [3.05, 3.63) is 52.6 Å². The van der Waals surface area contributed by atoms with Gasteiger partial charge in [0.25, 0.3) is 0 Å². The molecule has 6 nitrogen and oxygen atoms in total. The van der Waals surface area contributed by atoms with Gasteiger partial charge in [-0.2, -0.15) is 0 Å². The Labute approximate surface area is 200 Å². The summed E-state index contributed by atoms with van der Waals surface area (Å²) in [7, 11) is 4.22. The quantitative estimate of drug-likeness (QED) is 0.662. The summed E-state index contributed by atoms with van der Waals surface area (Å²) >= 11 is 0. The Morgan fingerprint density at radius 3 is 2.52 bits per heavy atom. The number of likely N-dealkylation sites (N-methyl/N-ethyl adjacent to an activating group) is 1. The minimum Gasteiger partial charge on any atom is -0.497 e. The lowest BCUT2D eigenvalue weighted by Crippen LogP contribution is -2.33. The van der Waals surface area contributed by atoms with Gasteiger partial charge in [0.05, 0.1) is 12.0 Å². The average molecular weight is 472 g/mol. The van der Waals surface area contributed by atoms with Gasteiger partial charge in [0.1, 0.15) is 16.7 Å². The minimum atomic E-state index is -1.35. The van der Waals surface area contributed by atoms with Crippen molar-refractivity contribution in [3.8, 4) is 5.75 Å². The fourth-order valence-electron chi connectivity index (χ4n) is 4.68. The minimum absolute atomic E-state index is 0.0204. The van der Waals surface area contributed by atoms with Gasteiger partial charge in [-0.15, -0.1) is 0 Å².